The van der Waals surface area contributed by atoms with Crippen molar-refractivity contribution in [2.45, 2.75) is 110 Å². The molecule has 3 saturated carbocycles. The molecule has 4 aliphatic rings. The van der Waals surface area contributed by atoms with Crippen molar-refractivity contribution in [3.05, 3.63) is 11.6 Å². The van der Waals surface area contributed by atoms with Crippen LogP contribution in [0.5, 0.6) is 0 Å². The second-order valence-electron chi connectivity index (χ2n) is 12.2. The SMILES string of the molecule is CC(C)CCC[C@H](C)[C@@H]1CC[C@@H]2[C@@H]3CC=C4C[C@H](S)CC[C@@]4(C)[C@H]3CC[C@@]21C. The molecule has 0 aromatic rings. The Balaban J connectivity index is 1.49. The fourth-order valence-electron chi connectivity index (χ4n) is 8.67. The number of hydrogen-bond acceptors (Lipinski definition) is 1. The summed E-state index contributed by atoms with van der Waals surface area (Å²) in [6.07, 6.45) is 18.4. The molecule has 1 heteroatoms. The van der Waals surface area contributed by atoms with Crippen molar-refractivity contribution in [3.63, 3.8) is 0 Å². The van der Waals surface area contributed by atoms with Crippen LogP contribution in [0.25, 0.3) is 0 Å². The van der Waals surface area contributed by atoms with Gasteiger partial charge in [0, 0.05) is 5.25 Å². The first kappa shape index (κ1) is 21.3. The highest BCUT2D eigenvalue weighted by atomic mass is 32.1. The summed E-state index contributed by atoms with van der Waals surface area (Å²) in [6.45, 7) is 12.7. The van der Waals surface area contributed by atoms with E-state index in [9.17, 15) is 0 Å². The number of hydrogen-bond donors (Lipinski definition) is 1. The smallest absolute Gasteiger partial charge is 0.00545 e. The molecule has 0 bridgehead atoms. The first-order valence-electron chi connectivity index (χ1n) is 12.6. The van der Waals surface area contributed by atoms with Gasteiger partial charge in [0.1, 0.15) is 0 Å². The molecular weight excluding hydrogens is 356 g/mol. The van der Waals surface area contributed by atoms with Gasteiger partial charge >= 0.3 is 0 Å². The van der Waals surface area contributed by atoms with Gasteiger partial charge in [-0.05, 0) is 97.7 Å². The zero-order chi connectivity index (χ0) is 20.1. The Morgan fingerprint density at radius 1 is 1.00 bits per heavy atom. The van der Waals surface area contributed by atoms with Gasteiger partial charge in [-0.3, -0.25) is 0 Å². The molecule has 0 amide bonds. The molecule has 0 saturated heterocycles. The number of thiol groups is 1. The van der Waals surface area contributed by atoms with E-state index in [1.807, 2.05) is 0 Å². The van der Waals surface area contributed by atoms with Gasteiger partial charge in [0.25, 0.3) is 0 Å². The highest BCUT2D eigenvalue weighted by Gasteiger charge is 2.58. The first-order chi connectivity index (χ1) is 13.3. The van der Waals surface area contributed by atoms with Crippen LogP contribution >= 0.6 is 12.6 Å². The van der Waals surface area contributed by atoms with Crippen LogP contribution in [0.15, 0.2) is 11.6 Å². The summed E-state index contributed by atoms with van der Waals surface area (Å²) >= 11 is 4.84. The highest BCUT2D eigenvalue weighted by molar-refractivity contribution is 7.80. The Bertz CT molecular complexity index is 591. The van der Waals surface area contributed by atoms with E-state index in [4.69, 9.17) is 12.6 Å². The second kappa shape index (κ2) is 7.97. The lowest BCUT2D eigenvalue weighted by molar-refractivity contribution is -0.0497. The standard InChI is InChI=1S/C27H46S/c1-18(2)7-6-8-19(3)23-11-12-24-22-10-9-20-17-21(28)13-15-26(20,4)25(22)14-16-27(23,24)5/h9,18-19,21-25,28H,6-8,10-17H2,1-5H3/t19-,21+,22-,23-,24+,25-,26+,27+/m0/s1. The maximum atomic E-state index is 4.84. The molecular formula is C27H46S. The zero-order valence-corrected chi connectivity index (χ0v) is 20.2. The Hall–Kier alpha value is 0.0900. The average molecular weight is 403 g/mol. The van der Waals surface area contributed by atoms with Gasteiger partial charge < -0.3 is 0 Å². The summed E-state index contributed by atoms with van der Waals surface area (Å²) in [7, 11) is 0. The van der Waals surface area contributed by atoms with E-state index in [0.717, 1.165) is 35.5 Å². The fraction of sp³-hybridized carbons (Fsp3) is 0.926. The van der Waals surface area contributed by atoms with Crippen LogP contribution in [-0.4, -0.2) is 5.25 Å². The molecule has 0 aromatic carbocycles. The molecule has 8 atom stereocenters. The molecule has 4 aliphatic carbocycles. The molecule has 0 radical (unpaired) electrons. The van der Waals surface area contributed by atoms with E-state index >= 15 is 0 Å². The first-order valence-corrected chi connectivity index (χ1v) is 13.1. The van der Waals surface area contributed by atoms with E-state index in [1.54, 1.807) is 5.57 Å². The molecule has 0 N–H and O–H groups in total. The van der Waals surface area contributed by atoms with Gasteiger partial charge in [-0.25, -0.2) is 0 Å². The van der Waals surface area contributed by atoms with Crippen molar-refractivity contribution in [1.82, 2.24) is 0 Å². The summed E-state index contributed by atoms with van der Waals surface area (Å²) < 4.78 is 0. The molecule has 0 nitrogen and oxygen atoms in total. The molecule has 3 fully saturated rings. The fourth-order valence-corrected chi connectivity index (χ4v) is 8.99. The van der Waals surface area contributed by atoms with Gasteiger partial charge in [0.2, 0.25) is 0 Å². The monoisotopic (exact) mass is 402 g/mol. The van der Waals surface area contributed by atoms with Crippen molar-refractivity contribution >= 4 is 12.6 Å². The Morgan fingerprint density at radius 3 is 2.54 bits per heavy atom. The predicted molar refractivity (Wildman–Crippen MR) is 126 cm³/mol. The van der Waals surface area contributed by atoms with Gasteiger partial charge in [0.15, 0.2) is 0 Å². The van der Waals surface area contributed by atoms with Crippen molar-refractivity contribution in [2.24, 2.45) is 46.3 Å². The van der Waals surface area contributed by atoms with E-state index in [0.29, 0.717) is 16.1 Å². The van der Waals surface area contributed by atoms with Crippen molar-refractivity contribution in [3.8, 4) is 0 Å². The van der Waals surface area contributed by atoms with Crippen LogP contribution in [0, 0.1) is 46.3 Å². The number of allylic oxidation sites excluding steroid dienone is 2. The largest absolute Gasteiger partial charge is 0.176 e. The van der Waals surface area contributed by atoms with E-state index in [2.05, 4.69) is 40.7 Å². The normalized spacial score (nSPS) is 46.5. The van der Waals surface area contributed by atoms with Crippen LogP contribution in [0.3, 0.4) is 0 Å². The van der Waals surface area contributed by atoms with E-state index in [1.165, 1.54) is 70.6 Å². The Kier molecular flexibility index (Phi) is 6.07. The Morgan fingerprint density at radius 2 is 1.79 bits per heavy atom. The van der Waals surface area contributed by atoms with Crippen LogP contribution in [0.1, 0.15) is 105 Å². The summed E-state index contributed by atoms with van der Waals surface area (Å²) in [6, 6.07) is 0. The summed E-state index contributed by atoms with van der Waals surface area (Å²) in [4.78, 5) is 0. The van der Waals surface area contributed by atoms with Crippen molar-refractivity contribution in [2.75, 3.05) is 0 Å². The number of fused-ring (bicyclic) bond motifs is 5. The molecule has 0 unspecified atom stereocenters. The molecule has 0 spiro atoms. The molecule has 0 aliphatic heterocycles. The average Bonchev–Trinajstić information content (AvgIpc) is 2.99. The van der Waals surface area contributed by atoms with Gasteiger partial charge in [-0.15, -0.1) is 0 Å². The second-order valence-corrected chi connectivity index (χ2v) is 12.9. The molecule has 160 valence electrons. The summed E-state index contributed by atoms with van der Waals surface area (Å²) in [5, 5.41) is 0.618. The van der Waals surface area contributed by atoms with Gasteiger partial charge in [-0.2, -0.15) is 12.6 Å². The zero-order valence-electron chi connectivity index (χ0n) is 19.3. The van der Waals surface area contributed by atoms with E-state index < -0.39 is 0 Å². The molecule has 28 heavy (non-hydrogen) atoms. The highest BCUT2D eigenvalue weighted by Crippen LogP contribution is 2.67. The summed E-state index contributed by atoms with van der Waals surface area (Å²) in [5.41, 5.74) is 2.92. The summed E-state index contributed by atoms with van der Waals surface area (Å²) in [5.74, 6) is 5.70. The number of rotatable bonds is 5. The topological polar surface area (TPSA) is 0 Å². The third-order valence-electron chi connectivity index (χ3n) is 10.3. The predicted octanol–water partition coefficient (Wildman–Crippen LogP) is 8.33. The van der Waals surface area contributed by atoms with Gasteiger partial charge in [-0.1, -0.05) is 65.5 Å². The third kappa shape index (κ3) is 3.54. The van der Waals surface area contributed by atoms with Crippen LogP contribution in [0.2, 0.25) is 0 Å². The molecule has 0 aromatic heterocycles. The Labute approximate surface area is 181 Å². The minimum atomic E-state index is 0.504. The third-order valence-corrected chi connectivity index (χ3v) is 10.7. The van der Waals surface area contributed by atoms with E-state index in [-0.39, 0.29) is 0 Å². The minimum Gasteiger partial charge on any atom is -0.176 e. The van der Waals surface area contributed by atoms with Gasteiger partial charge in [0.05, 0.1) is 0 Å². The van der Waals surface area contributed by atoms with Crippen LogP contribution in [0.4, 0.5) is 0 Å². The maximum Gasteiger partial charge on any atom is 0.00545 e. The lowest BCUT2D eigenvalue weighted by Crippen LogP contribution is -2.50. The minimum absolute atomic E-state index is 0.504. The lowest BCUT2D eigenvalue weighted by Gasteiger charge is -2.58. The maximum absolute atomic E-state index is 4.84. The van der Waals surface area contributed by atoms with Crippen molar-refractivity contribution < 1.29 is 0 Å². The lowest BCUT2D eigenvalue weighted by atomic mass is 9.47. The van der Waals surface area contributed by atoms with Crippen LogP contribution < -0.4 is 0 Å². The van der Waals surface area contributed by atoms with Crippen molar-refractivity contribution in [1.29, 1.82) is 0 Å². The molecule has 0 heterocycles. The quantitative estimate of drug-likeness (QED) is 0.347. The van der Waals surface area contributed by atoms with Crippen LogP contribution in [-0.2, 0) is 0 Å². The molecule has 4 rings (SSSR count).